The van der Waals surface area contributed by atoms with Gasteiger partial charge in [-0.25, -0.2) is 0 Å². The van der Waals surface area contributed by atoms with Gasteiger partial charge in [0.2, 0.25) is 5.91 Å². The molecule has 1 fully saturated rings. The van der Waals surface area contributed by atoms with E-state index in [-0.39, 0.29) is 18.3 Å². The number of amides is 1. The number of hydrogen-bond acceptors (Lipinski definition) is 2. The molecule has 22 heavy (non-hydrogen) atoms. The summed E-state index contributed by atoms with van der Waals surface area (Å²) in [5, 5.41) is 6.44. The molecule has 0 saturated carbocycles. The van der Waals surface area contributed by atoms with E-state index in [1.54, 1.807) is 0 Å². The third-order valence-corrected chi connectivity index (χ3v) is 4.49. The second-order valence-corrected chi connectivity index (χ2v) is 6.35. The molecule has 4 heteroatoms. The smallest absolute Gasteiger partial charge is 0.220 e. The summed E-state index contributed by atoms with van der Waals surface area (Å²) in [4.78, 5) is 11.9. The molecule has 0 radical (unpaired) electrons. The molecule has 124 valence electrons. The third-order valence-electron chi connectivity index (χ3n) is 4.49. The highest BCUT2D eigenvalue weighted by molar-refractivity contribution is 5.85. The van der Waals surface area contributed by atoms with E-state index in [4.69, 9.17) is 0 Å². The molecule has 1 aliphatic rings. The fourth-order valence-corrected chi connectivity index (χ4v) is 2.87. The zero-order chi connectivity index (χ0) is 15.1. The summed E-state index contributed by atoms with van der Waals surface area (Å²) in [5.74, 6) is 1.30. The first-order valence-electron chi connectivity index (χ1n) is 8.19. The predicted octanol–water partition coefficient (Wildman–Crippen LogP) is 3.42. The van der Waals surface area contributed by atoms with Gasteiger partial charge in [0.25, 0.3) is 0 Å². The average molecular weight is 325 g/mol. The monoisotopic (exact) mass is 324 g/mol. The molecule has 0 bridgehead atoms. The Morgan fingerprint density at radius 1 is 1.27 bits per heavy atom. The van der Waals surface area contributed by atoms with Crippen LogP contribution < -0.4 is 10.6 Å². The molecule has 1 atom stereocenters. The number of hydrogen-bond donors (Lipinski definition) is 2. The van der Waals surface area contributed by atoms with Crippen molar-refractivity contribution in [3.63, 3.8) is 0 Å². The molecule has 1 amide bonds. The number of carbonyl (C=O) groups is 1. The van der Waals surface area contributed by atoms with E-state index in [0.717, 1.165) is 32.0 Å². The lowest BCUT2D eigenvalue weighted by atomic mass is 9.93. The van der Waals surface area contributed by atoms with Crippen LogP contribution in [0.3, 0.4) is 0 Å². The average Bonchev–Trinajstić information content (AvgIpc) is 2.52. The van der Waals surface area contributed by atoms with Crippen molar-refractivity contribution in [2.24, 2.45) is 5.92 Å². The Kier molecular flexibility index (Phi) is 8.51. The van der Waals surface area contributed by atoms with Crippen LogP contribution in [0.2, 0.25) is 0 Å². The minimum absolute atomic E-state index is 0. The fourth-order valence-electron chi connectivity index (χ4n) is 2.87. The lowest BCUT2D eigenvalue weighted by Gasteiger charge is -2.22. The summed E-state index contributed by atoms with van der Waals surface area (Å²) >= 11 is 0. The Morgan fingerprint density at radius 2 is 1.91 bits per heavy atom. The normalized spacial score (nSPS) is 16.6. The Morgan fingerprint density at radius 3 is 2.55 bits per heavy atom. The molecule has 2 rings (SSSR count). The molecule has 3 nitrogen and oxygen atoms in total. The highest BCUT2D eigenvalue weighted by Crippen LogP contribution is 2.18. The largest absolute Gasteiger partial charge is 0.356 e. The van der Waals surface area contributed by atoms with Crippen LogP contribution in [0.4, 0.5) is 0 Å². The molecule has 1 aliphatic heterocycles. The van der Waals surface area contributed by atoms with Crippen LogP contribution in [0, 0.1) is 12.8 Å². The van der Waals surface area contributed by atoms with Crippen molar-refractivity contribution in [1.82, 2.24) is 10.6 Å². The molecule has 1 aromatic rings. The number of benzene rings is 1. The summed E-state index contributed by atoms with van der Waals surface area (Å²) in [6.45, 7) is 7.20. The van der Waals surface area contributed by atoms with Gasteiger partial charge >= 0.3 is 0 Å². The van der Waals surface area contributed by atoms with Crippen LogP contribution in [0.5, 0.6) is 0 Å². The Bertz CT molecular complexity index is 441. The summed E-state index contributed by atoms with van der Waals surface area (Å²) in [7, 11) is 0. The molecular formula is C18H29ClN2O. The SMILES string of the molecule is Cc1ccc(C(C)CNC(=O)CCC2CCNCC2)cc1.Cl. The van der Waals surface area contributed by atoms with Gasteiger partial charge in [0.15, 0.2) is 0 Å². The van der Waals surface area contributed by atoms with E-state index >= 15 is 0 Å². The number of halogens is 1. The Balaban J connectivity index is 0.00000242. The van der Waals surface area contributed by atoms with Gasteiger partial charge in [-0.2, -0.15) is 0 Å². The van der Waals surface area contributed by atoms with Crippen molar-refractivity contribution >= 4 is 18.3 Å². The Labute approximate surface area is 140 Å². The van der Waals surface area contributed by atoms with Crippen molar-refractivity contribution in [2.45, 2.75) is 45.4 Å². The number of rotatable bonds is 6. The number of carbonyl (C=O) groups excluding carboxylic acids is 1. The van der Waals surface area contributed by atoms with Gasteiger partial charge in [-0.1, -0.05) is 36.8 Å². The lowest BCUT2D eigenvalue weighted by Crippen LogP contribution is -2.30. The molecule has 1 unspecified atom stereocenters. The first-order valence-corrected chi connectivity index (χ1v) is 8.19. The predicted molar refractivity (Wildman–Crippen MR) is 94.7 cm³/mol. The molecule has 0 aliphatic carbocycles. The van der Waals surface area contributed by atoms with E-state index in [1.807, 2.05) is 0 Å². The van der Waals surface area contributed by atoms with Gasteiger partial charge in [0, 0.05) is 13.0 Å². The highest BCUT2D eigenvalue weighted by Gasteiger charge is 2.14. The lowest BCUT2D eigenvalue weighted by molar-refractivity contribution is -0.121. The molecule has 1 aromatic carbocycles. The maximum absolute atomic E-state index is 11.9. The second-order valence-electron chi connectivity index (χ2n) is 6.35. The van der Waals surface area contributed by atoms with Crippen molar-refractivity contribution in [3.8, 4) is 0 Å². The first kappa shape index (κ1) is 19.0. The summed E-state index contributed by atoms with van der Waals surface area (Å²) in [5.41, 5.74) is 2.57. The highest BCUT2D eigenvalue weighted by atomic mass is 35.5. The topological polar surface area (TPSA) is 41.1 Å². The van der Waals surface area contributed by atoms with Gasteiger partial charge in [0.05, 0.1) is 0 Å². The van der Waals surface area contributed by atoms with Crippen LogP contribution >= 0.6 is 12.4 Å². The van der Waals surface area contributed by atoms with Gasteiger partial charge in [-0.15, -0.1) is 12.4 Å². The van der Waals surface area contributed by atoms with Crippen molar-refractivity contribution in [1.29, 1.82) is 0 Å². The van der Waals surface area contributed by atoms with E-state index in [9.17, 15) is 4.79 Å². The number of nitrogens with one attached hydrogen (secondary N) is 2. The Hall–Kier alpha value is -1.06. The first-order chi connectivity index (χ1) is 10.1. The quantitative estimate of drug-likeness (QED) is 0.842. The number of piperidine rings is 1. The van der Waals surface area contributed by atoms with Crippen LogP contribution in [-0.2, 0) is 4.79 Å². The zero-order valence-electron chi connectivity index (χ0n) is 13.7. The minimum atomic E-state index is 0. The maximum atomic E-state index is 11.9. The second kappa shape index (κ2) is 9.86. The standard InChI is InChI=1S/C18H28N2O.ClH/c1-14-3-6-17(7-4-14)15(2)13-20-18(21)8-5-16-9-11-19-12-10-16;/h3-4,6-7,15-16,19H,5,8-13H2,1-2H3,(H,20,21);1H. The maximum Gasteiger partial charge on any atom is 0.220 e. The van der Waals surface area contributed by atoms with Crippen LogP contribution in [0.1, 0.15) is 49.7 Å². The van der Waals surface area contributed by atoms with Crippen molar-refractivity contribution < 1.29 is 4.79 Å². The molecule has 1 heterocycles. The number of aryl methyl sites for hydroxylation is 1. The summed E-state index contributed by atoms with van der Waals surface area (Å²) in [6, 6.07) is 8.57. The molecule has 1 saturated heterocycles. The van der Waals surface area contributed by atoms with E-state index in [2.05, 4.69) is 48.7 Å². The fraction of sp³-hybridized carbons (Fsp3) is 0.611. The van der Waals surface area contributed by atoms with E-state index < -0.39 is 0 Å². The van der Waals surface area contributed by atoms with Crippen LogP contribution in [0.15, 0.2) is 24.3 Å². The molecule has 0 spiro atoms. The van der Waals surface area contributed by atoms with Crippen LogP contribution in [-0.4, -0.2) is 25.5 Å². The van der Waals surface area contributed by atoms with Crippen LogP contribution in [0.25, 0.3) is 0 Å². The van der Waals surface area contributed by atoms with Gasteiger partial charge in [0.1, 0.15) is 0 Å². The van der Waals surface area contributed by atoms with Gasteiger partial charge in [-0.3, -0.25) is 4.79 Å². The van der Waals surface area contributed by atoms with Crippen molar-refractivity contribution in [3.05, 3.63) is 35.4 Å². The van der Waals surface area contributed by atoms with Gasteiger partial charge in [-0.05, 0) is 56.7 Å². The minimum Gasteiger partial charge on any atom is -0.356 e. The van der Waals surface area contributed by atoms with E-state index in [0.29, 0.717) is 12.3 Å². The summed E-state index contributed by atoms with van der Waals surface area (Å²) in [6.07, 6.45) is 4.14. The molecule has 0 aromatic heterocycles. The van der Waals surface area contributed by atoms with Crippen molar-refractivity contribution in [2.75, 3.05) is 19.6 Å². The van der Waals surface area contributed by atoms with Gasteiger partial charge < -0.3 is 10.6 Å². The summed E-state index contributed by atoms with van der Waals surface area (Å²) < 4.78 is 0. The zero-order valence-corrected chi connectivity index (χ0v) is 14.5. The third kappa shape index (κ3) is 6.37. The molecule has 2 N–H and O–H groups in total. The molecular weight excluding hydrogens is 296 g/mol. The van der Waals surface area contributed by atoms with E-state index in [1.165, 1.54) is 24.0 Å².